The van der Waals surface area contributed by atoms with Crippen molar-refractivity contribution in [3.05, 3.63) is 101 Å². The summed E-state index contributed by atoms with van der Waals surface area (Å²) in [5.74, 6) is 4.40. The first-order chi connectivity index (χ1) is 18.9. The Balaban J connectivity index is 1.16. The number of rotatable bonds is 7. The molecule has 200 valence electrons. The van der Waals surface area contributed by atoms with Gasteiger partial charge in [0.25, 0.3) is 0 Å². The number of pyridine rings is 1. The third-order valence-corrected chi connectivity index (χ3v) is 9.16. The van der Waals surface area contributed by atoms with Gasteiger partial charge < -0.3 is 11.5 Å². The van der Waals surface area contributed by atoms with Crippen LogP contribution in [0.15, 0.2) is 82.9 Å². The summed E-state index contributed by atoms with van der Waals surface area (Å²) in [6, 6.07) is 20.4. The average Bonchev–Trinajstić information content (AvgIpc) is 2.92. The van der Waals surface area contributed by atoms with Crippen LogP contribution in [0.4, 0.5) is 5.82 Å². The molecule has 0 spiro atoms. The Labute approximate surface area is 232 Å². The molecule has 2 aromatic carbocycles. The summed E-state index contributed by atoms with van der Waals surface area (Å²) in [6.07, 6.45) is 12.8. The standard InChI is InChI=1S/C34H39N5/c1-22(27-10-12-28(13-11-27)32(35)38-31-5-3-4-14-37-31)6-8-29-18-30(9-7-23(29)2)33(36)39-34-19-24-15-25(20-34)17-26(16-24)21-34/h3-7,9-14,18,24-26H,8,15-17,19-21H2,1-2H3,(H2,36,39)(H2,35,37,38)/b22-6-. The number of hydrogen-bond acceptors (Lipinski definition) is 3. The van der Waals surface area contributed by atoms with Gasteiger partial charge in [0.15, 0.2) is 5.82 Å². The lowest BCUT2D eigenvalue weighted by atomic mass is 9.53. The van der Waals surface area contributed by atoms with E-state index in [0.29, 0.717) is 11.7 Å². The first kappa shape index (κ1) is 25.5. The van der Waals surface area contributed by atoms with E-state index >= 15 is 0 Å². The van der Waals surface area contributed by atoms with Gasteiger partial charge in [-0.05, 0) is 117 Å². The monoisotopic (exact) mass is 517 g/mol. The molecule has 4 fully saturated rings. The normalized spacial score (nSPS) is 26.7. The highest BCUT2D eigenvalue weighted by atomic mass is 15.0. The van der Waals surface area contributed by atoms with Crippen molar-refractivity contribution >= 4 is 23.1 Å². The quantitative estimate of drug-likeness (QED) is 0.268. The number of nitrogens with two attached hydrogens (primary N) is 2. The molecule has 7 rings (SSSR count). The van der Waals surface area contributed by atoms with Crippen molar-refractivity contribution < 1.29 is 0 Å². The van der Waals surface area contributed by atoms with Gasteiger partial charge in [-0.2, -0.15) is 0 Å². The Morgan fingerprint density at radius 2 is 1.51 bits per heavy atom. The van der Waals surface area contributed by atoms with Gasteiger partial charge in [0.1, 0.15) is 11.7 Å². The molecule has 0 radical (unpaired) electrons. The molecular weight excluding hydrogens is 478 g/mol. The SMILES string of the molecule is C/C(=C/Cc1cc(C(N)=NC23CC4CC(CC(C4)C2)C3)ccc1C)c1ccc(C(N)=Nc2ccccn2)cc1. The second kappa shape index (κ2) is 10.4. The summed E-state index contributed by atoms with van der Waals surface area (Å²) in [7, 11) is 0. The lowest BCUT2D eigenvalue weighted by Crippen LogP contribution is -2.50. The Bertz CT molecular complexity index is 1400. The lowest BCUT2D eigenvalue weighted by Gasteiger charge is -2.55. The van der Waals surface area contributed by atoms with Gasteiger partial charge in [0.2, 0.25) is 0 Å². The molecule has 3 aromatic rings. The van der Waals surface area contributed by atoms with Crippen molar-refractivity contribution in [2.24, 2.45) is 39.2 Å². The van der Waals surface area contributed by atoms with E-state index in [1.165, 1.54) is 60.8 Å². The van der Waals surface area contributed by atoms with Crippen LogP contribution >= 0.6 is 0 Å². The van der Waals surface area contributed by atoms with E-state index < -0.39 is 0 Å². The zero-order valence-corrected chi connectivity index (χ0v) is 23.1. The zero-order valence-electron chi connectivity index (χ0n) is 23.1. The van der Waals surface area contributed by atoms with Crippen LogP contribution in [0.1, 0.15) is 73.3 Å². The van der Waals surface area contributed by atoms with Crippen molar-refractivity contribution in [1.29, 1.82) is 0 Å². The van der Waals surface area contributed by atoms with Crippen LogP contribution in [0.3, 0.4) is 0 Å². The maximum Gasteiger partial charge on any atom is 0.154 e. The number of allylic oxidation sites excluding steroid dienone is 2. The van der Waals surface area contributed by atoms with Crippen LogP contribution < -0.4 is 11.5 Å². The lowest BCUT2D eigenvalue weighted by molar-refractivity contribution is 0.00166. The highest BCUT2D eigenvalue weighted by Crippen LogP contribution is 2.57. The summed E-state index contributed by atoms with van der Waals surface area (Å²) in [4.78, 5) is 13.9. The largest absolute Gasteiger partial charge is 0.383 e. The van der Waals surface area contributed by atoms with Gasteiger partial charge in [-0.3, -0.25) is 4.99 Å². The summed E-state index contributed by atoms with van der Waals surface area (Å²) in [5.41, 5.74) is 19.9. The van der Waals surface area contributed by atoms with E-state index in [4.69, 9.17) is 16.5 Å². The first-order valence-electron chi connectivity index (χ1n) is 14.3. The molecule has 0 unspecified atom stereocenters. The molecule has 1 aromatic heterocycles. The minimum absolute atomic E-state index is 0.0955. The average molecular weight is 518 g/mol. The van der Waals surface area contributed by atoms with Crippen LogP contribution in [0.2, 0.25) is 0 Å². The van der Waals surface area contributed by atoms with Crippen LogP contribution in [-0.2, 0) is 6.42 Å². The Kier molecular flexibility index (Phi) is 6.84. The number of hydrogen-bond donors (Lipinski definition) is 2. The minimum Gasteiger partial charge on any atom is -0.383 e. The molecule has 4 bridgehead atoms. The molecule has 0 atom stereocenters. The zero-order chi connectivity index (χ0) is 27.0. The van der Waals surface area contributed by atoms with Crippen molar-refractivity contribution in [2.45, 2.75) is 64.3 Å². The van der Waals surface area contributed by atoms with Crippen LogP contribution in [0.25, 0.3) is 5.57 Å². The Hall–Kier alpha value is -3.73. The molecule has 4 N–H and O–H groups in total. The maximum absolute atomic E-state index is 6.68. The summed E-state index contributed by atoms with van der Waals surface area (Å²) < 4.78 is 0. The van der Waals surface area contributed by atoms with E-state index in [2.05, 4.69) is 60.2 Å². The number of aryl methyl sites for hydroxylation is 1. The number of aliphatic imine (C=N–C) groups is 2. The fourth-order valence-corrected chi connectivity index (χ4v) is 7.47. The summed E-state index contributed by atoms with van der Waals surface area (Å²) >= 11 is 0. The van der Waals surface area contributed by atoms with Crippen molar-refractivity contribution in [3.8, 4) is 0 Å². The molecule has 1 heterocycles. The van der Waals surface area contributed by atoms with Gasteiger partial charge in [-0.1, -0.05) is 48.5 Å². The molecule has 5 nitrogen and oxygen atoms in total. The van der Waals surface area contributed by atoms with E-state index in [9.17, 15) is 0 Å². The van der Waals surface area contributed by atoms with E-state index in [1.807, 2.05) is 30.3 Å². The summed E-state index contributed by atoms with van der Waals surface area (Å²) in [5, 5.41) is 0. The van der Waals surface area contributed by atoms with Crippen molar-refractivity contribution in [1.82, 2.24) is 4.98 Å². The van der Waals surface area contributed by atoms with E-state index in [1.54, 1.807) is 6.20 Å². The van der Waals surface area contributed by atoms with Crippen LogP contribution in [-0.4, -0.2) is 22.2 Å². The predicted molar refractivity (Wildman–Crippen MR) is 161 cm³/mol. The van der Waals surface area contributed by atoms with Crippen molar-refractivity contribution in [2.75, 3.05) is 0 Å². The molecular formula is C34H39N5. The number of amidine groups is 2. The first-order valence-corrected chi connectivity index (χ1v) is 14.3. The predicted octanol–water partition coefficient (Wildman–Crippen LogP) is 6.75. The smallest absolute Gasteiger partial charge is 0.154 e. The Morgan fingerprint density at radius 1 is 0.872 bits per heavy atom. The van der Waals surface area contributed by atoms with Gasteiger partial charge in [-0.15, -0.1) is 0 Å². The molecule has 0 amide bonds. The van der Waals surface area contributed by atoms with Crippen LogP contribution in [0, 0.1) is 24.7 Å². The fourth-order valence-electron chi connectivity index (χ4n) is 7.47. The highest BCUT2D eigenvalue weighted by molar-refractivity contribution is 5.99. The molecule has 39 heavy (non-hydrogen) atoms. The molecule has 0 aliphatic heterocycles. The number of aromatic nitrogens is 1. The molecule has 5 heteroatoms. The van der Waals surface area contributed by atoms with Crippen LogP contribution in [0.5, 0.6) is 0 Å². The van der Waals surface area contributed by atoms with Crippen molar-refractivity contribution in [3.63, 3.8) is 0 Å². The fraction of sp³-hybridized carbons (Fsp3) is 0.382. The minimum atomic E-state index is 0.0955. The highest BCUT2D eigenvalue weighted by Gasteiger charge is 2.51. The second-order valence-electron chi connectivity index (χ2n) is 12.1. The van der Waals surface area contributed by atoms with E-state index in [0.717, 1.165) is 41.1 Å². The van der Waals surface area contributed by atoms with Gasteiger partial charge in [0, 0.05) is 17.3 Å². The number of nitrogens with zero attached hydrogens (tertiary/aromatic N) is 3. The molecule has 4 saturated carbocycles. The Morgan fingerprint density at radius 3 is 2.15 bits per heavy atom. The third kappa shape index (κ3) is 5.54. The topological polar surface area (TPSA) is 89.6 Å². The van der Waals surface area contributed by atoms with Gasteiger partial charge in [-0.25, -0.2) is 9.98 Å². The summed E-state index contributed by atoms with van der Waals surface area (Å²) in [6.45, 7) is 4.33. The maximum atomic E-state index is 6.68. The number of benzene rings is 2. The van der Waals surface area contributed by atoms with Gasteiger partial charge in [0.05, 0.1) is 5.54 Å². The third-order valence-electron chi connectivity index (χ3n) is 9.16. The van der Waals surface area contributed by atoms with Gasteiger partial charge >= 0.3 is 0 Å². The second-order valence-corrected chi connectivity index (χ2v) is 12.1. The molecule has 0 saturated heterocycles. The van der Waals surface area contributed by atoms with E-state index in [-0.39, 0.29) is 5.54 Å². The molecule has 4 aliphatic rings. The molecule has 4 aliphatic carbocycles.